The number of amides is 3. The third kappa shape index (κ3) is 1.95. The van der Waals surface area contributed by atoms with Crippen LogP contribution in [0.2, 0.25) is 0 Å². The summed E-state index contributed by atoms with van der Waals surface area (Å²) >= 11 is 0. The number of nitrogens with zero attached hydrogens (tertiary/aromatic N) is 2. The number of hydrogen-bond donors (Lipinski definition) is 0. The smallest absolute Gasteiger partial charge is 0.409 e. The van der Waals surface area contributed by atoms with Crippen molar-refractivity contribution in [2.24, 2.45) is 17.8 Å². The Bertz CT molecular complexity index is 796. The summed E-state index contributed by atoms with van der Waals surface area (Å²) in [6, 6.07) is 7.02. The second-order valence-electron chi connectivity index (χ2n) is 8.49. The topological polar surface area (TPSA) is 66.9 Å². The molecular weight excluding hydrogens is 332 g/mol. The van der Waals surface area contributed by atoms with Crippen LogP contribution in [0.15, 0.2) is 24.3 Å². The molecule has 4 bridgehead atoms. The summed E-state index contributed by atoms with van der Waals surface area (Å²) in [7, 11) is 3.38. The Balaban J connectivity index is 1.43. The second kappa shape index (κ2) is 5.09. The molecule has 0 N–H and O–H groups in total. The molecule has 6 rings (SSSR count). The summed E-state index contributed by atoms with van der Waals surface area (Å²) in [5.41, 5.74) is 0.626. The number of carbonyl (C=O) groups excluding carboxylic acids is 3. The van der Waals surface area contributed by atoms with Crippen molar-refractivity contribution in [3.63, 3.8) is 0 Å². The highest BCUT2D eigenvalue weighted by Gasteiger charge is 2.65. The van der Waals surface area contributed by atoms with E-state index >= 15 is 0 Å². The lowest BCUT2D eigenvalue weighted by molar-refractivity contribution is -0.0526. The van der Waals surface area contributed by atoms with Crippen LogP contribution in [0, 0.1) is 17.8 Å². The van der Waals surface area contributed by atoms with Gasteiger partial charge in [-0.2, -0.15) is 0 Å². The van der Waals surface area contributed by atoms with Gasteiger partial charge in [0.1, 0.15) is 5.60 Å². The van der Waals surface area contributed by atoms with Crippen molar-refractivity contribution in [1.29, 1.82) is 0 Å². The van der Waals surface area contributed by atoms with Crippen molar-refractivity contribution in [3.8, 4) is 0 Å². The first-order chi connectivity index (χ1) is 12.4. The van der Waals surface area contributed by atoms with Crippen LogP contribution in [0.3, 0.4) is 0 Å². The predicted octanol–water partition coefficient (Wildman–Crippen LogP) is 2.54. The van der Waals surface area contributed by atoms with Crippen LogP contribution in [0.25, 0.3) is 0 Å². The average Bonchev–Trinajstić information content (AvgIpc) is 3.10. The van der Waals surface area contributed by atoms with Gasteiger partial charge in [-0.05, 0) is 55.6 Å². The highest BCUT2D eigenvalue weighted by Crippen LogP contribution is 2.63. The Hall–Kier alpha value is -2.37. The van der Waals surface area contributed by atoms with Crippen LogP contribution in [0.1, 0.15) is 46.4 Å². The average molecular weight is 354 g/mol. The number of hydrogen-bond acceptors (Lipinski definition) is 4. The lowest BCUT2D eigenvalue weighted by atomic mass is 9.75. The van der Waals surface area contributed by atoms with Gasteiger partial charge in [0.2, 0.25) is 0 Å². The Morgan fingerprint density at radius 2 is 1.69 bits per heavy atom. The summed E-state index contributed by atoms with van der Waals surface area (Å²) in [5.74, 6) is 0.575. The number of carbonyl (C=O) groups is 3. The molecule has 5 atom stereocenters. The minimum atomic E-state index is -0.408. The minimum Gasteiger partial charge on any atom is -0.443 e. The van der Waals surface area contributed by atoms with Crippen LogP contribution in [-0.2, 0) is 4.74 Å². The van der Waals surface area contributed by atoms with Gasteiger partial charge >= 0.3 is 6.09 Å². The van der Waals surface area contributed by atoms with Crippen molar-refractivity contribution in [2.45, 2.75) is 37.3 Å². The molecule has 3 amide bonds. The number of benzene rings is 1. The van der Waals surface area contributed by atoms with E-state index in [1.807, 2.05) is 0 Å². The van der Waals surface area contributed by atoms with E-state index in [0.717, 1.165) is 25.7 Å². The van der Waals surface area contributed by atoms with Crippen LogP contribution in [0.4, 0.5) is 4.79 Å². The fourth-order valence-electron chi connectivity index (χ4n) is 5.98. The maximum Gasteiger partial charge on any atom is 0.409 e. The fourth-order valence-corrected chi connectivity index (χ4v) is 5.98. The van der Waals surface area contributed by atoms with Crippen molar-refractivity contribution >= 4 is 17.9 Å². The molecule has 1 aromatic carbocycles. The largest absolute Gasteiger partial charge is 0.443 e. The predicted molar refractivity (Wildman–Crippen MR) is 92.6 cm³/mol. The third-order valence-electron chi connectivity index (χ3n) is 6.80. The number of ether oxygens (including phenoxy) is 1. The molecule has 1 heterocycles. The standard InChI is InChI=1S/C20H22N2O4/c1-21(2)19(25)26-20-8-11-7-12(9-20)16(15(11)10-20)22-17(23)13-5-3-4-6-14(13)18(22)24/h3-6,11-12,15-16H,7-10H2,1-2H3/t11?,12?,15?,16-,20-/m0/s1. The maximum absolute atomic E-state index is 12.9. The van der Waals surface area contributed by atoms with Gasteiger partial charge in [0.05, 0.1) is 11.1 Å². The first-order valence-corrected chi connectivity index (χ1v) is 9.27. The normalized spacial score (nSPS) is 36.6. The van der Waals surface area contributed by atoms with E-state index in [4.69, 9.17) is 4.74 Å². The van der Waals surface area contributed by atoms with E-state index < -0.39 is 5.60 Å². The van der Waals surface area contributed by atoms with Crippen molar-refractivity contribution < 1.29 is 19.1 Å². The van der Waals surface area contributed by atoms with E-state index in [-0.39, 0.29) is 35.8 Å². The minimum absolute atomic E-state index is 0.0546. The van der Waals surface area contributed by atoms with Gasteiger partial charge in [-0.25, -0.2) is 4.79 Å². The number of rotatable bonds is 2. The van der Waals surface area contributed by atoms with Crippen LogP contribution in [-0.4, -0.2) is 53.4 Å². The lowest BCUT2D eigenvalue weighted by Crippen LogP contribution is -2.52. The zero-order valence-electron chi connectivity index (χ0n) is 15.0. The molecule has 3 unspecified atom stereocenters. The molecule has 26 heavy (non-hydrogen) atoms. The Kier molecular flexibility index (Phi) is 3.10. The summed E-state index contributed by atoms with van der Waals surface area (Å²) in [6.07, 6.45) is 3.07. The van der Waals surface area contributed by atoms with Gasteiger partial charge in [0.15, 0.2) is 0 Å². The van der Waals surface area contributed by atoms with Crippen molar-refractivity contribution in [3.05, 3.63) is 35.4 Å². The Morgan fingerprint density at radius 3 is 2.27 bits per heavy atom. The monoisotopic (exact) mass is 354 g/mol. The van der Waals surface area contributed by atoms with E-state index in [9.17, 15) is 14.4 Å². The lowest BCUT2D eigenvalue weighted by Gasteiger charge is -2.43. The molecule has 4 fully saturated rings. The summed E-state index contributed by atoms with van der Waals surface area (Å²) in [4.78, 5) is 40.9. The molecule has 0 radical (unpaired) electrons. The first kappa shape index (κ1) is 15.9. The maximum atomic E-state index is 12.9. The molecule has 6 heteroatoms. The molecule has 136 valence electrons. The van der Waals surface area contributed by atoms with Gasteiger partial charge in [0.25, 0.3) is 11.8 Å². The van der Waals surface area contributed by atoms with Gasteiger partial charge in [-0.3, -0.25) is 14.5 Å². The Labute approximate surface area is 152 Å². The summed E-state index contributed by atoms with van der Waals surface area (Å²) < 4.78 is 5.86. The molecule has 6 nitrogen and oxygen atoms in total. The van der Waals surface area contributed by atoms with E-state index in [0.29, 0.717) is 17.0 Å². The number of imide groups is 1. The highest BCUT2D eigenvalue weighted by molar-refractivity contribution is 6.21. The van der Waals surface area contributed by atoms with Crippen LogP contribution in [0.5, 0.6) is 0 Å². The molecule has 0 saturated heterocycles. The zero-order chi connectivity index (χ0) is 18.2. The molecule has 4 saturated carbocycles. The summed E-state index contributed by atoms with van der Waals surface area (Å²) in [5, 5.41) is 0. The molecule has 4 aliphatic carbocycles. The van der Waals surface area contributed by atoms with Crippen molar-refractivity contribution in [1.82, 2.24) is 9.80 Å². The van der Waals surface area contributed by atoms with Crippen LogP contribution < -0.4 is 0 Å². The Morgan fingerprint density at radius 1 is 1.08 bits per heavy atom. The highest BCUT2D eigenvalue weighted by atomic mass is 16.6. The van der Waals surface area contributed by atoms with Gasteiger partial charge in [-0.15, -0.1) is 0 Å². The quantitative estimate of drug-likeness (QED) is 0.766. The molecule has 5 aliphatic rings. The zero-order valence-corrected chi connectivity index (χ0v) is 15.0. The fraction of sp³-hybridized carbons (Fsp3) is 0.550. The van der Waals surface area contributed by atoms with Gasteiger partial charge in [-0.1, -0.05) is 12.1 Å². The van der Waals surface area contributed by atoms with E-state index in [1.54, 1.807) is 38.4 Å². The van der Waals surface area contributed by atoms with Crippen LogP contribution >= 0.6 is 0 Å². The second-order valence-corrected chi connectivity index (χ2v) is 8.49. The van der Waals surface area contributed by atoms with Crippen molar-refractivity contribution in [2.75, 3.05) is 14.1 Å². The molecular formula is C20H22N2O4. The molecule has 1 aliphatic heterocycles. The van der Waals surface area contributed by atoms with Gasteiger partial charge in [0, 0.05) is 20.1 Å². The molecule has 1 aromatic rings. The SMILES string of the molecule is CN(C)C(=O)O[C@@]12CC3CC(C1)[C@H](N1C(=O)c4ccccc4C1=O)C3C2. The first-order valence-electron chi connectivity index (χ1n) is 9.27. The van der Waals surface area contributed by atoms with Gasteiger partial charge < -0.3 is 9.64 Å². The van der Waals surface area contributed by atoms with E-state index in [1.165, 1.54) is 9.80 Å². The summed E-state index contributed by atoms with van der Waals surface area (Å²) in [6.45, 7) is 0. The third-order valence-corrected chi connectivity index (χ3v) is 6.80. The van der Waals surface area contributed by atoms with E-state index in [2.05, 4.69) is 0 Å². The molecule has 0 aromatic heterocycles. The number of fused-ring (bicyclic) bond motifs is 1. The molecule has 0 spiro atoms.